The highest BCUT2D eigenvalue weighted by Crippen LogP contribution is 2.39. The predicted octanol–water partition coefficient (Wildman–Crippen LogP) is 2.37. The summed E-state index contributed by atoms with van der Waals surface area (Å²) >= 11 is 0. The summed E-state index contributed by atoms with van der Waals surface area (Å²) in [6.45, 7) is 3.99. The lowest BCUT2D eigenvalue weighted by Crippen LogP contribution is -2.51. The van der Waals surface area contributed by atoms with Gasteiger partial charge in [0.2, 0.25) is 15.9 Å². The van der Waals surface area contributed by atoms with Crippen LogP contribution in [0.2, 0.25) is 0 Å². The van der Waals surface area contributed by atoms with Crippen molar-refractivity contribution in [3.8, 4) is 0 Å². The number of benzene rings is 2. The average Bonchev–Trinajstić information content (AvgIpc) is 3.57. The molecule has 2 N–H and O–H groups in total. The first-order chi connectivity index (χ1) is 16.1. The third kappa shape index (κ3) is 4.84. The first kappa shape index (κ1) is 24.3. The van der Waals surface area contributed by atoms with Crippen molar-refractivity contribution >= 4 is 27.5 Å². The van der Waals surface area contributed by atoms with Crippen molar-refractivity contribution in [1.29, 1.82) is 0 Å². The molecule has 10 heteroatoms. The van der Waals surface area contributed by atoms with Gasteiger partial charge in [-0.05, 0) is 60.7 Å². The Balaban J connectivity index is 1.52. The molecule has 2 aliphatic rings. The summed E-state index contributed by atoms with van der Waals surface area (Å²) in [5.74, 6) is -0.443. The zero-order chi connectivity index (χ0) is 24.6. The third-order valence-electron chi connectivity index (χ3n) is 6.51. The maximum Gasteiger partial charge on any atom is 0.255 e. The minimum Gasteiger partial charge on any atom is -0.392 e. The number of nitrogens with one attached hydrogen (secondary N) is 1. The molecule has 1 saturated carbocycles. The van der Waals surface area contributed by atoms with Crippen LogP contribution in [0, 0.1) is 24.6 Å². The van der Waals surface area contributed by atoms with Crippen LogP contribution in [0.1, 0.15) is 34.8 Å². The molecule has 1 aliphatic carbocycles. The van der Waals surface area contributed by atoms with Gasteiger partial charge >= 0.3 is 0 Å². The van der Waals surface area contributed by atoms with Crippen molar-refractivity contribution in [2.45, 2.75) is 31.8 Å². The van der Waals surface area contributed by atoms with Crippen molar-refractivity contribution in [3.05, 3.63) is 58.9 Å². The predicted molar refractivity (Wildman–Crippen MR) is 124 cm³/mol. The lowest BCUT2D eigenvalue weighted by atomic mass is 10.1. The SMILES string of the molecule is Cc1cc(NC(=O)c2ccc(CO)c(S(=O)(=O)N3CCN(C(=O)C4CC4C)CC3)c2)ccc1F. The Hall–Kier alpha value is -2.82. The van der Waals surface area contributed by atoms with Gasteiger partial charge in [-0.25, -0.2) is 12.8 Å². The van der Waals surface area contributed by atoms with E-state index in [1.165, 1.54) is 40.7 Å². The summed E-state index contributed by atoms with van der Waals surface area (Å²) in [6.07, 6.45) is 0.879. The molecule has 2 atom stereocenters. The maximum absolute atomic E-state index is 13.5. The highest BCUT2D eigenvalue weighted by atomic mass is 32.2. The largest absolute Gasteiger partial charge is 0.392 e. The fourth-order valence-corrected chi connectivity index (χ4v) is 5.84. The molecule has 2 amide bonds. The minimum absolute atomic E-state index is 0.0456. The van der Waals surface area contributed by atoms with E-state index in [1.807, 2.05) is 6.92 Å². The number of halogens is 1. The normalized spacial score (nSPS) is 20.8. The van der Waals surface area contributed by atoms with Crippen LogP contribution in [0.25, 0.3) is 0 Å². The third-order valence-corrected chi connectivity index (χ3v) is 8.49. The van der Waals surface area contributed by atoms with E-state index in [4.69, 9.17) is 0 Å². The molecule has 2 fully saturated rings. The molecule has 2 unspecified atom stereocenters. The van der Waals surface area contributed by atoms with Crippen molar-refractivity contribution in [2.75, 3.05) is 31.5 Å². The van der Waals surface area contributed by atoms with Crippen LogP contribution >= 0.6 is 0 Å². The second-order valence-electron chi connectivity index (χ2n) is 8.95. The van der Waals surface area contributed by atoms with Gasteiger partial charge in [-0.3, -0.25) is 9.59 Å². The fraction of sp³-hybridized carbons (Fsp3) is 0.417. The molecular weight excluding hydrogens is 461 g/mol. The molecule has 0 spiro atoms. The van der Waals surface area contributed by atoms with Gasteiger partial charge in [0, 0.05) is 43.3 Å². The Kier molecular flexibility index (Phi) is 6.75. The van der Waals surface area contributed by atoms with Crippen LogP contribution < -0.4 is 5.32 Å². The van der Waals surface area contributed by atoms with Crippen molar-refractivity contribution in [3.63, 3.8) is 0 Å². The van der Waals surface area contributed by atoms with E-state index < -0.39 is 28.4 Å². The molecule has 0 radical (unpaired) electrons. The first-order valence-corrected chi connectivity index (χ1v) is 12.7. The molecule has 0 aromatic heterocycles. The molecule has 182 valence electrons. The van der Waals surface area contributed by atoms with E-state index in [-0.39, 0.29) is 40.9 Å². The molecule has 34 heavy (non-hydrogen) atoms. The Morgan fingerprint density at radius 2 is 1.79 bits per heavy atom. The number of aliphatic hydroxyl groups is 1. The summed E-state index contributed by atoms with van der Waals surface area (Å²) in [5, 5.41) is 12.4. The van der Waals surface area contributed by atoms with Crippen molar-refractivity contribution in [1.82, 2.24) is 9.21 Å². The van der Waals surface area contributed by atoms with Gasteiger partial charge in [-0.1, -0.05) is 13.0 Å². The first-order valence-electron chi connectivity index (χ1n) is 11.2. The maximum atomic E-state index is 13.5. The summed E-state index contributed by atoms with van der Waals surface area (Å²) in [7, 11) is -4.00. The van der Waals surface area contributed by atoms with Gasteiger partial charge in [0.25, 0.3) is 5.91 Å². The van der Waals surface area contributed by atoms with Gasteiger partial charge in [0.15, 0.2) is 0 Å². The number of sulfonamides is 1. The van der Waals surface area contributed by atoms with E-state index in [1.54, 1.807) is 11.8 Å². The lowest BCUT2D eigenvalue weighted by molar-refractivity contribution is -0.134. The Morgan fingerprint density at radius 1 is 1.12 bits per heavy atom. The van der Waals surface area contributed by atoms with Crippen molar-refractivity contribution < 1.29 is 27.5 Å². The van der Waals surface area contributed by atoms with Crippen LogP contribution in [0.4, 0.5) is 10.1 Å². The number of carbonyl (C=O) groups excluding carboxylic acids is 2. The zero-order valence-corrected chi connectivity index (χ0v) is 19.9. The Labute approximate surface area is 198 Å². The topological polar surface area (TPSA) is 107 Å². The van der Waals surface area contributed by atoms with Gasteiger partial charge in [0.1, 0.15) is 5.82 Å². The number of hydrogen-bond acceptors (Lipinski definition) is 5. The van der Waals surface area contributed by atoms with E-state index in [9.17, 15) is 27.5 Å². The number of rotatable bonds is 6. The number of anilines is 1. The number of aliphatic hydroxyl groups excluding tert-OH is 1. The quantitative estimate of drug-likeness (QED) is 0.648. The van der Waals surface area contributed by atoms with Gasteiger partial charge < -0.3 is 15.3 Å². The summed E-state index contributed by atoms with van der Waals surface area (Å²) in [6, 6.07) is 8.23. The van der Waals surface area contributed by atoms with Crippen LogP contribution in [0.3, 0.4) is 0 Å². The number of hydrogen-bond donors (Lipinski definition) is 2. The summed E-state index contributed by atoms with van der Waals surface area (Å²) < 4.78 is 41.6. The summed E-state index contributed by atoms with van der Waals surface area (Å²) in [5.41, 5.74) is 1.02. The van der Waals surface area contributed by atoms with E-state index in [0.717, 1.165) is 6.42 Å². The molecule has 1 saturated heterocycles. The van der Waals surface area contributed by atoms with Crippen LogP contribution in [0.15, 0.2) is 41.3 Å². The second kappa shape index (κ2) is 9.44. The van der Waals surface area contributed by atoms with E-state index in [2.05, 4.69) is 5.32 Å². The second-order valence-corrected chi connectivity index (χ2v) is 10.9. The van der Waals surface area contributed by atoms with Crippen LogP contribution in [0.5, 0.6) is 0 Å². The fourth-order valence-electron chi connectivity index (χ4n) is 4.18. The lowest BCUT2D eigenvalue weighted by Gasteiger charge is -2.34. The monoisotopic (exact) mass is 489 g/mol. The van der Waals surface area contributed by atoms with Gasteiger partial charge in [-0.15, -0.1) is 0 Å². The van der Waals surface area contributed by atoms with Crippen LogP contribution in [-0.4, -0.2) is 60.7 Å². The Morgan fingerprint density at radius 3 is 2.38 bits per heavy atom. The number of aryl methyl sites for hydroxylation is 1. The molecule has 8 nitrogen and oxygen atoms in total. The zero-order valence-electron chi connectivity index (χ0n) is 19.1. The van der Waals surface area contributed by atoms with E-state index in [0.29, 0.717) is 30.3 Å². The van der Waals surface area contributed by atoms with Gasteiger partial charge in [-0.2, -0.15) is 4.31 Å². The van der Waals surface area contributed by atoms with Crippen molar-refractivity contribution in [2.24, 2.45) is 11.8 Å². The molecule has 2 aromatic carbocycles. The number of piperazine rings is 1. The van der Waals surface area contributed by atoms with Gasteiger partial charge in [0.05, 0.1) is 11.5 Å². The molecular formula is C24H28FN3O5S. The minimum atomic E-state index is -4.00. The highest BCUT2D eigenvalue weighted by Gasteiger charge is 2.42. The molecule has 2 aromatic rings. The molecule has 4 rings (SSSR count). The number of amides is 2. The molecule has 1 aliphatic heterocycles. The summed E-state index contributed by atoms with van der Waals surface area (Å²) in [4.78, 5) is 26.8. The van der Waals surface area contributed by atoms with Crippen LogP contribution in [-0.2, 0) is 21.4 Å². The Bertz CT molecular complexity index is 1230. The average molecular weight is 490 g/mol. The standard InChI is InChI=1S/C24H28FN3O5S/c1-15-12-20(15)24(31)27-7-9-28(10-8-27)34(32,33)22-13-17(3-4-18(22)14-29)23(30)26-19-5-6-21(25)16(2)11-19/h3-6,11,13,15,20,29H,7-10,12,14H2,1-2H3,(H,26,30). The molecule has 0 bridgehead atoms. The molecule has 1 heterocycles. The van der Waals surface area contributed by atoms with E-state index >= 15 is 0 Å². The number of nitrogens with zero attached hydrogens (tertiary/aromatic N) is 2. The smallest absolute Gasteiger partial charge is 0.255 e. The number of carbonyl (C=O) groups is 2. The highest BCUT2D eigenvalue weighted by molar-refractivity contribution is 7.89.